The van der Waals surface area contributed by atoms with Gasteiger partial charge in [0.2, 0.25) is 0 Å². The molecule has 36 heavy (non-hydrogen) atoms. The number of nitrogens with zero attached hydrogens (tertiary/aromatic N) is 2. The lowest BCUT2D eigenvalue weighted by Gasteiger charge is -2.25. The molecule has 1 atom stereocenters. The van der Waals surface area contributed by atoms with Crippen LogP contribution in [0.1, 0.15) is 29.7 Å². The second-order valence-corrected chi connectivity index (χ2v) is 9.48. The Morgan fingerprint density at radius 1 is 1.08 bits per heavy atom. The van der Waals surface area contributed by atoms with Crippen LogP contribution >= 0.6 is 22.9 Å². The van der Waals surface area contributed by atoms with Gasteiger partial charge in [-0.2, -0.15) is 0 Å². The van der Waals surface area contributed by atoms with E-state index in [2.05, 4.69) is 0 Å². The average molecular weight is 519 g/mol. The number of fused-ring (bicyclic) bond motifs is 1. The van der Waals surface area contributed by atoms with Crippen LogP contribution in [0, 0.1) is 5.82 Å². The lowest BCUT2D eigenvalue weighted by atomic mass is 9.93. The van der Waals surface area contributed by atoms with E-state index in [1.54, 1.807) is 37.3 Å². The smallest absolute Gasteiger partial charge is 0.338 e. The zero-order valence-electron chi connectivity index (χ0n) is 19.2. The fourth-order valence-electron chi connectivity index (χ4n) is 4.11. The van der Waals surface area contributed by atoms with E-state index in [0.29, 0.717) is 31.2 Å². The molecule has 1 aromatic heterocycles. The Kier molecular flexibility index (Phi) is 6.67. The average Bonchev–Trinajstić information content (AvgIpc) is 3.20. The number of esters is 1. The van der Waals surface area contributed by atoms with Crippen molar-refractivity contribution in [2.75, 3.05) is 6.61 Å². The summed E-state index contributed by atoms with van der Waals surface area (Å²) in [5.41, 5.74) is 2.42. The van der Waals surface area contributed by atoms with E-state index in [0.717, 1.165) is 5.56 Å². The van der Waals surface area contributed by atoms with Crippen LogP contribution in [0.25, 0.3) is 11.8 Å². The highest BCUT2D eigenvalue weighted by atomic mass is 35.5. The van der Waals surface area contributed by atoms with Gasteiger partial charge < -0.3 is 4.74 Å². The minimum absolute atomic E-state index is 0.154. The monoisotopic (exact) mass is 518 g/mol. The third-order valence-electron chi connectivity index (χ3n) is 5.73. The van der Waals surface area contributed by atoms with Crippen LogP contribution in [0.4, 0.5) is 4.39 Å². The number of hydrogen-bond donors (Lipinski definition) is 0. The summed E-state index contributed by atoms with van der Waals surface area (Å²) in [4.78, 5) is 32.3. The summed E-state index contributed by atoms with van der Waals surface area (Å²) in [6.45, 7) is 1.87. The molecule has 1 aliphatic heterocycles. The van der Waals surface area contributed by atoms with Crippen molar-refractivity contribution in [2.24, 2.45) is 4.99 Å². The highest BCUT2D eigenvalue weighted by Gasteiger charge is 2.35. The van der Waals surface area contributed by atoms with Crippen molar-refractivity contribution >= 4 is 40.7 Å². The molecule has 4 aromatic rings. The molecule has 5 rings (SSSR count). The molecule has 1 aliphatic rings. The van der Waals surface area contributed by atoms with Crippen molar-refractivity contribution in [1.82, 2.24) is 4.57 Å². The number of rotatable bonds is 5. The van der Waals surface area contributed by atoms with E-state index in [-0.39, 0.29) is 17.7 Å². The number of benzene rings is 3. The second kappa shape index (κ2) is 10.0. The van der Waals surface area contributed by atoms with Gasteiger partial charge in [-0.05, 0) is 48.4 Å². The maximum absolute atomic E-state index is 13.8. The van der Waals surface area contributed by atoms with Gasteiger partial charge in [0, 0.05) is 10.6 Å². The molecule has 5 nitrogen and oxygen atoms in total. The van der Waals surface area contributed by atoms with Crippen LogP contribution < -0.4 is 14.9 Å². The van der Waals surface area contributed by atoms with Crippen LogP contribution in [-0.2, 0) is 9.53 Å². The van der Waals surface area contributed by atoms with Gasteiger partial charge in [-0.3, -0.25) is 9.36 Å². The summed E-state index contributed by atoms with van der Waals surface area (Å²) in [6, 6.07) is 21.3. The molecule has 0 N–H and O–H groups in total. The van der Waals surface area contributed by atoms with Crippen molar-refractivity contribution in [3.8, 4) is 0 Å². The fraction of sp³-hybridized carbons (Fsp3) is 0.107. The summed E-state index contributed by atoms with van der Waals surface area (Å²) in [5.74, 6) is -1.000. The molecule has 0 saturated heterocycles. The lowest BCUT2D eigenvalue weighted by Crippen LogP contribution is -2.40. The first-order valence-corrected chi connectivity index (χ1v) is 12.4. The minimum Gasteiger partial charge on any atom is -0.463 e. The van der Waals surface area contributed by atoms with Gasteiger partial charge in [-0.1, -0.05) is 77.5 Å². The Hall–Kier alpha value is -3.81. The normalized spacial score (nSPS) is 15.4. The topological polar surface area (TPSA) is 60.7 Å². The predicted octanol–water partition coefficient (Wildman–Crippen LogP) is 4.73. The van der Waals surface area contributed by atoms with Crippen molar-refractivity contribution in [2.45, 2.75) is 13.0 Å². The van der Waals surface area contributed by atoms with Crippen LogP contribution in [0.3, 0.4) is 0 Å². The van der Waals surface area contributed by atoms with E-state index >= 15 is 0 Å². The van der Waals surface area contributed by atoms with Crippen LogP contribution in [0.2, 0.25) is 5.02 Å². The molecule has 0 fully saturated rings. The van der Waals surface area contributed by atoms with E-state index < -0.39 is 17.8 Å². The molecule has 8 heteroatoms. The third kappa shape index (κ3) is 4.55. The molecule has 0 radical (unpaired) electrons. The zero-order chi connectivity index (χ0) is 25.2. The fourth-order valence-corrected chi connectivity index (χ4v) is 5.24. The standard InChI is InChI=1S/C28H20ClFN2O3S/c1-2-35-27(34)23-24(18-6-4-3-5-7-18)31-28-32(25(23)19-10-14-21(30)15-11-19)26(33)22(36-28)16-17-8-12-20(29)13-9-17/h3-16,25H,2H2,1H3/b22-16-/t25-/m0/s1. The van der Waals surface area contributed by atoms with Gasteiger partial charge in [-0.15, -0.1) is 0 Å². The third-order valence-corrected chi connectivity index (χ3v) is 6.96. The number of carbonyl (C=O) groups excluding carboxylic acids is 1. The molecule has 3 aromatic carbocycles. The number of halogens is 2. The van der Waals surface area contributed by atoms with Gasteiger partial charge in [0.05, 0.1) is 28.5 Å². The van der Waals surface area contributed by atoms with Crippen molar-refractivity contribution < 1.29 is 13.9 Å². The number of ether oxygens (including phenoxy) is 1. The molecule has 0 saturated carbocycles. The number of aromatic nitrogens is 1. The predicted molar refractivity (Wildman–Crippen MR) is 139 cm³/mol. The lowest BCUT2D eigenvalue weighted by molar-refractivity contribution is -0.138. The van der Waals surface area contributed by atoms with Crippen LogP contribution in [0.5, 0.6) is 0 Å². The van der Waals surface area contributed by atoms with Gasteiger partial charge >= 0.3 is 5.97 Å². The first-order chi connectivity index (χ1) is 17.5. The number of thiazole rings is 1. The summed E-state index contributed by atoms with van der Waals surface area (Å²) in [7, 11) is 0. The minimum atomic E-state index is -0.844. The summed E-state index contributed by atoms with van der Waals surface area (Å²) < 4.78 is 21.2. The SMILES string of the molecule is CCOC(=O)C1=C(c2ccccc2)N=c2s/c(=C\c3ccc(Cl)cc3)c(=O)n2[C@H]1c1ccc(F)cc1. The molecule has 180 valence electrons. The quantitative estimate of drug-likeness (QED) is 0.359. The Bertz CT molecular complexity index is 1640. The Balaban J connectivity index is 1.82. The van der Waals surface area contributed by atoms with Crippen molar-refractivity contribution in [3.05, 3.63) is 132 Å². The Morgan fingerprint density at radius 2 is 1.78 bits per heavy atom. The molecule has 2 heterocycles. The number of hydrogen-bond acceptors (Lipinski definition) is 5. The molecular weight excluding hydrogens is 499 g/mol. The first-order valence-electron chi connectivity index (χ1n) is 11.3. The summed E-state index contributed by atoms with van der Waals surface area (Å²) in [5, 5.41) is 0.594. The second-order valence-electron chi connectivity index (χ2n) is 8.03. The van der Waals surface area contributed by atoms with Crippen LogP contribution in [-0.4, -0.2) is 17.1 Å². The van der Waals surface area contributed by atoms with Crippen LogP contribution in [0.15, 0.2) is 94.2 Å². The summed E-state index contributed by atoms with van der Waals surface area (Å²) in [6.07, 6.45) is 1.76. The van der Waals surface area contributed by atoms with Crippen molar-refractivity contribution in [1.29, 1.82) is 0 Å². The van der Waals surface area contributed by atoms with Gasteiger partial charge in [-0.25, -0.2) is 14.2 Å². The van der Waals surface area contributed by atoms with E-state index in [1.807, 2.05) is 42.5 Å². The maximum Gasteiger partial charge on any atom is 0.338 e. The molecule has 0 amide bonds. The van der Waals surface area contributed by atoms with Gasteiger partial charge in [0.1, 0.15) is 5.82 Å². The van der Waals surface area contributed by atoms with Crippen molar-refractivity contribution in [3.63, 3.8) is 0 Å². The molecular formula is C28H20ClFN2O3S. The van der Waals surface area contributed by atoms with E-state index in [1.165, 1.54) is 28.0 Å². The Morgan fingerprint density at radius 3 is 2.44 bits per heavy atom. The van der Waals surface area contributed by atoms with Gasteiger partial charge in [0.25, 0.3) is 5.56 Å². The van der Waals surface area contributed by atoms with Gasteiger partial charge in [0.15, 0.2) is 4.80 Å². The highest BCUT2D eigenvalue weighted by Crippen LogP contribution is 2.35. The molecule has 0 spiro atoms. The highest BCUT2D eigenvalue weighted by molar-refractivity contribution is 7.07. The molecule has 0 bridgehead atoms. The summed E-state index contributed by atoms with van der Waals surface area (Å²) >= 11 is 7.23. The first kappa shape index (κ1) is 23.9. The van der Waals surface area contributed by atoms with E-state index in [4.69, 9.17) is 21.3 Å². The Labute approximate surface area is 215 Å². The maximum atomic E-state index is 13.8. The zero-order valence-corrected chi connectivity index (χ0v) is 20.7. The molecule has 0 aliphatic carbocycles. The molecule has 0 unspecified atom stereocenters. The number of carbonyl (C=O) groups is 1. The van der Waals surface area contributed by atoms with E-state index in [9.17, 15) is 14.0 Å². The largest absolute Gasteiger partial charge is 0.463 e.